The summed E-state index contributed by atoms with van der Waals surface area (Å²) < 4.78 is 22.8. The van der Waals surface area contributed by atoms with Gasteiger partial charge in [-0.2, -0.15) is 4.21 Å². The Kier molecular flexibility index (Phi) is 83.4. The molecule has 4 radical (unpaired) electrons. The maximum atomic E-state index is 8.67. The quantitative estimate of drug-likeness (QED) is 0.416. The molecule has 0 aromatic rings. The molecule has 0 fully saturated rings. The standard InChI is InChI=1S/Au.3Na.H2O3S/c;;;;1-4(2)3/h;;;;(H2,1,2,3). The minimum absolute atomic E-state index is 0. The molecular formula is H2AuNa3O3S. The average molecular weight is 348 g/mol. The van der Waals surface area contributed by atoms with Crippen LogP contribution in [0.5, 0.6) is 0 Å². The van der Waals surface area contributed by atoms with Crippen molar-refractivity contribution in [2.24, 2.45) is 0 Å². The molecule has 0 saturated carbocycles. The summed E-state index contributed by atoms with van der Waals surface area (Å²) in [6.07, 6.45) is 0. The Morgan fingerprint density at radius 2 is 1.00 bits per heavy atom. The SMILES string of the molecule is O=S(O)O.[Au].[Na].[Na].[Na]. The van der Waals surface area contributed by atoms with Crippen molar-refractivity contribution in [3.63, 3.8) is 0 Å². The van der Waals surface area contributed by atoms with Crippen LogP contribution < -0.4 is 0 Å². The molecule has 8 heteroatoms. The Morgan fingerprint density at radius 1 is 1.00 bits per heavy atom. The molecule has 8 heavy (non-hydrogen) atoms. The van der Waals surface area contributed by atoms with Gasteiger partial charge in [0, 0.05) is 111 Å². The fourth-order valence-electron chi connectivity index (χ4n) is 0. The first-order chi connectivity index (χ1) is 1.73. The Labute approximate surface area is 133 Å². The van der Waals surface area contributed by atoms with E-state index < -0.39 is 11.4 Å². The van der Waals surface area contributed by atoms with Crippen LogP contribution in [0.15, 0.2) is 0 Å². The third-order valence-corrected chi connectivity index (χ3v) is 0. The van der Waals surface area contributed by atoms with Crippen LogP contribution in [0.2, 0.25) is 0 Å². The molecule has 0 heterocycles. The van der Waals surface area contributed by atoms with Gasteiger partial charge in [0.1, 0.15) is 0 Å². The van der Waals surface area contributed by atoms with Gasteiger partial charge < -0.3 is 0 Å². The van der Waals surface area contributed by atoms with Crippen LogP contribution in [0.4, 0.5) is 0 Å². The summed E-state index contributed by atoms with van der Waals surface area (Å²) in [4.78, 5) is 0. The van der Waals surface area contributed by atoms with Crippen molar-refractivity contribution >= 4 is 100 Å². The van der Waals surface area contributed by atoms with Gasteiger partial charge in [0.15, 0.2) is 0 Å². The molecule has 0 rings (SSSR count). The number of rotatable bonds is 0. The molecule has 0 bridgehead atoms. The van der Waals surface area contributed by atoms with Crippen molar-refractivity contribution in [1.29, 1.82) is 0 Å². The molecule has 0 aliphatic heterocycles. The van der Waals surface area contributed by atoms with E-state index >= 15 is 0 Å². The fourth-order valence-corrected chi connectivity index (χ4v) is 0. The molecule has 0 amide bonds. The van der Waals surface area contributed by atoms with Gasteiger partial charge in [-0.1, -0.05) is 0 Å². The fraction of sp³-hybridized carbons (Fsp3) is 0. The van der Waals surface area contributed by atoms with E-state index in [1.807, 2.05) is 0 Å². The first kappa shape index (κ1) is 29.8. The van der Waals surface area contributed by atoms with Crippen molar-refractivity contribution in [1.82, 2.24) is 0 Å². The summed E-state index contributed by atoms with van der Waals surface area (Å²) >= 11 is -2.61. The summed E-state index contributed by atoms with van der Waals surface area (Å²) in [6, 6.07) is 0. The zero-order chi connectivity index (χ0) is 3.58. The molecular weight excluding hydrogens is 346 g/mol. The molecule has 2 N–H and O–H groups in total. The Balaban J connectivity index is -0.00000000750. The van der Waals surface area contributed by atoms with Gasteiger partial charge in [0.2, 0.25) is 0 Å². The summed E-state index contributed by atoms with van der Waals surface area (Å²) in [6.45, 7) is 0. The zero-order valence-corrected chi connectivity index (χ0v) is 14.0. The topological polar surface area (TPSA) is 57.5 Å². The zero-order valence-electron chi connectivity index (χ0n) is 5.01. The van der Waals surface area contributed by atoms with E-state index in [1.54, 1.807) is 0 Å². The third-order valence-electron chi connectivity index (χ3n) is 0. The van der Waals surface area contributed by atoms with Crippen LogP contribution >= 0.6 is 0 Å². The maximum absolute atomic E-state index is 8.67. The Hall–Kier alpha value is 3.81. The predicted octanol–water partition coefficient (Wildman–Crippen LogP) is -1.46. The number of hydrogen-bond donors (Lipinski definition) is 2. The van der Waals surface area contributed by atoms with Crippen molar-refractivity contribution in [3.8, 4) is 0 Å². The molecule has 0 atom stereocenters. The van der Waals surface area contributed by atoms with Crippen LogP contribution in [0.1, 0.15) is 0 Å². The van der Waals surface area contributed by atoms with Gasteiger partial charge in [-0.05, 0) is 0 Å². The molecule has 0 saturated heterocycles. The number of hydrogen-bond acceptors (Lipinski definition) is 1. The molecule has 0 aromatic carbocycles. The summed E-state index contributed by atoms with van der Waals surface area (Å²) in [5.41, 5.74) is 0. The van der Waals surface area contributed by atoms with Gasteiger partial charge in [-0.15, -0.1) is 0 Å². The monoisotopic (exact) mass is 348 g/mol. The molecule has 0 aliphatic carbocycles. The van der Waals surface area contributed by atoms with Gasteiger partial charge in [0.25, 0.3) is 11.4 Å². The maximum Gasteiger partial charge on any atom is 0.299 e. The normalized spacial score (nSPS) is 4.38. The minimum atomic E-state index is -2.61. The van der Waals surface area contributed by atoms with Gasteiger partial charge in [-0.3, -0.25) is 9.11 Å². The van der Waals surface area contributed by atoms with E-state index in [4.69, 9.17) is 13.3 Å². The molecule has 3 nitrogen and oxygen atoms in total. The first-order valence-electron chi connectivity index (χ1n) is 0.532. The van der Waals surface area contributed by atoms with Crippen LogP contribution in [-0.4, -0.2) is 102 Å². The van der Waals surface area contributed by atoms with Crippen molar-refractivity contribution in [2.75, 3.05) is 0 Å². The van der Waals surface area contributed by atoms with Gasteiger partial charge in [0.05, 0.1) is 0 Å². The second kappa shape index (κ2) is 22.4. The Morgan fingerprint density at radius 3 is 1.00 bits per heavy atom. The Bertz CT molecular complexity index is 37.5. The van der Waals surface area contributed by atoms with Gasteiger partial charge >= 0.3 is 0 Å². The molecule has 40 valence electrons. The van der Waals surface area contributed by atoms with Crippen molar-refractivity contribution < 1.29 is 35.7 Å². The largest absolute Gasteiger partial charge is 0.299 e. The van der Waals surface area contributed by atoms with E-state index in [1.165, 1.54) is 0 Å². The average Bonchev–Trinajstić information content (AvgIpc) is 0.811. The van der Waals surface area contributed by atoms with E-state index in [9.17, 15) is 0 Å². The molecule has 0 spiro atoms. The second-order valence-electron chi connectivity index (χ2n) is 0.231. The second-order valence-corrected chi connectivity index (χ2v) is 0.692. The van der Waals surface area contributed by atoms with Crippen molar-refractivity contribution in [2.45, 2.75) is 0 Å². The van der Waals surface area contributed by atoms with Crippen LogP contribution in [-0.2, 0) is 33.7 Å². The third kappa shape index (κ3) is 52.5. The predicted molar refractivity (Wildman–Crippen MR) is 30.7 cm³/mol. The van der Waals surface area contributed by atoms with E-state index in [-0.39, 0.29) is 111 Å². The summed E-state index contributed by atoms with van der Waals surface area (Å²) in [5.74, 6) is 0. The van der Waals surface area contributed by atoms with Crippen LogP contribution in [0, 0.1) is 0 Å². The molecule has 0 aromatic heterocycles. The first-order valence-corrected chi connectivity index (χ1v) is 1.60. The molecule has 0 unspecified atom stereocenters. The van der Waals surface area contributed by atoms with Crippen molar-refractivity contribution in [3.05, 3.63) is 0 Å². The van der Waals surface area contributed by atoms with Gasteiger partial charge in [-0.25, -0.2) is 0 Å². The minimum Gasteiger partial charge on any atom is -0.284 e. The van der Waals surface area contributed by atoms with Crippen LogP contribution in [0.25, 0.3) is 0 Å². The smallest absolute Gasteiger partial charge is 0.284 e. The summed E-state index contributed by atoms with van der Waals surface area (Å²) in [5, 5.41) is 0. The van der Waals surface area contributed by atoms with Crippen LogP contribution in [0.3, 0.4) is 0 Å². The van der Waals surface area contributed by atoms with E-state index in [0.29, 0.717) is 0 Å². The van der Waals surface area contributed by atoms with E-state index in [0.717, 1.165) is 0 Å². The molecule has 0 aliphatic rings. The summed E-state index contributed by atoms with van der Waals surface area (Å²) in [7, 11) is 0. The van der Waals surface area contributed by atoms with E-state index in [2.05, 4.69) is 0 Å².